The van der Waals surface area contributed by atoms with Crippen LogP contribution in [0.15, 0.2) is 10.4 Å². The second kappa shape index (κ2) is 10.5. The van der Waals surface area contributed by atoms with Gasteiger partial charge in [-0.05, 0) is 44.9 Å². The summed E-state index contributed by atoms with van der Waals surface area (Å²) in [5.41, 5.74) is 1.62. The Hall–Kier alpha value is -0.370. The summed E-state index contributed by atoms with van der Waals surface area (Å²) in [6.45, 7) is 9.29. The third-order valence-corrected chi connectivity index (χ3v) is 5.63. The fraction of sp³-hybridized carbons (Fsp3) is 0.765. The van der Waals surface area contributed by atoms with Crippen molar-refractivity contribution in [3.8, 4) is 0 Å². The Labute approximate surface area is 162 Å². The van der Waals surface area contributed by atoms with Gasteiger partial charge < -0.3 is 10.6 Å². The van der Waals surface area contributed by atoms with Gasteiger partial charge in [0.2, 0.25) is 0 Å². The first-order valence-corrected chi connectivity index (χ1v) is 9.48. The zero-order chi connectivity index (χ0) is 15.8. The van der Waals surface area contributed by atoms with Crippen molar-refractivity contribution in [1.29, 1.82) is 0 Å². The third kappa shape index (κ3) is 6.57. The SMILES string of the molecule is CCNC(=NCC1(CC)CCC1)NCCCc1nc(C)cs1.I. The van der Waals surface area contributed by atoms with Gasteiger partial charge in [-0.1, -0.05) is 13.3 Å². The number of halogens is 1. The Morgan fingerprint density at radius 3 is 2.65 bits per heavy atom. The van der Waals surface area contributed by atoms with Crippen LogP contribution in [0.1, 0.15) is 56.7 Å². The smallest absolute Gasteiger partial charge is 0.191 e. The molecule has 0 bridgehead atoms. The highest BCUT2D eigenvalue weighted by Gasteiger charge is 2.34. The number of aryl methyl sites for hydroxylation is 2. The molecular formula is C17H31IN4S. The molecule has 132 valence electrons. The van der Waals surface area contributed by atoms with Gasteiger partial charge in [-0.3, -0.25) is 4.99 Å². The first-order valence-electron chi connectivity index (χ1n) is 8.60. The van der Waals surface area contributed by atoms with Crippen LogP contribution in [0.25, 0.3) is 0 Å². The van der Waals surface area contributed by atoms with Crippen molar-refractivity contribution < 1.29 is 0 Å². The Morgan fingerprint density at radius 2 is 2.13 bits per heavy atom. The topological polar surface area (TPSA) is 49.3 Å². The van der Waals surface area contributed by atoms with Crippen LogP contribution in [0.3, 0.4) is 0 Å². The van der Waals surface area contributed by atoms with Crippen molar-refractivity contribution in [2.24, 2.45) is 10.4 Å². The number of guanidine groups is 1. The van der Waals surface area contributed by atoms with Crippen LogP contribution in [-0.2, 0) is 6.42 Å². The molecule has 0 aromatic carbocycles. The van der Waals surface area contributed by atoms with Gasteiger partial charge in [-0.15, -0.1) is 35.3 Å². The van der Waals surface area contributed by atoms with Gasteiger partial charge in [0.25, 0.3) is 0 Å². The van der Waals surface area contributed by atoms with E-state index in [0.717, 1.165) is 44.1 Å². The van der Waals surface area contributed by atoms with Crippen molar-refractivity contribution >= 4 is 41.3 Å². The van der Waals surface area contributed by atoms with Gasteiger partial charge in [0.05, 0.1) is 5.01 Å². The van der Waals surface area contributed by atoms with Crippen LogP contribution >= 0.6 is 35.3 Å². The van der Waals surface area contributed by atoms with E-state index in [4.69, 9.17) is 4.99 Å². The Kier molecular flexibility index (Phi) is 9.43. The van der Waals surface area contributed by atoms with E-state index in [0.29, 0.717) is 5.41 Å². The standard InChI is InChI=1S/C17H30N4S.HI/c1-4-17(9-7-10-17)13-20-16(18-5-2)19-11-6-8-15-21-14(3)12-22-15;/h12H,4-11,13H2,1-3H3,(H2,18,19,20);1H. The summed E-state index contributed by atoms with van der Waals surface area (Å²) in [6, 6.07) is 0. The molecule has 1 aromatic rings. The van der Waals surface area contributed by atoms with Crippen LogP contribution in [-0.4, -0.2) is 30.6 Å². The molecule has 0 spiro atoms. The highest BCUT2D eigenvalue weighted by atomic mass is 127. The van der Waals surface area contributed by atoms with E-state index in [1.54, 1.807) is 11.3 Å². The molecule has 6 heteroatoms. The maximum absolute atomic E-state index is 4.81. The van der Waals surface area contributed by atoms with Crippen molar-refractivity contribution in [3.05, 3.63) is 16.1 Å². The van der Waals surface area contributed by atoms with Crippen molar-refractivity contribution in [3.63, 3.8) is 0 Å². The van der Waals surface area contributed by atoms with Gasteiger partial charge in [0.15, 0.2) is 5.96 Å². The lowest BCUT2D eigenvalue weighted by Crippen LogP contribution is -2.40. The van der Waals surface area contributed by atoms with Crippen LogP contribution in [0.5, 0.6) is 0 Å². The number of nitrogens with one attached hydrogen (secondary N) is 2. The number of hydrogen-bond donors (Lipinski definition) is 2. The number of thiazole rings is 1. The Morgan fingerprint density at radius 1 is 1.35 bits per heavy atom. The van der Waals surface area contributed by atoms with Crippen LogP contribution in [0.4, 0.5) is 0 Å². The van der Waals surface area contributed by atoms with E-state index >= 15 is 0 Å². The van der Waals surface area contributed by atoms with E-state index in [9.17, 15) is 0 Å². The fourth-order valence-electron chi connectivity index (χ4n) is 2.85. The molecule has 1 aromatic heterocycles. The predicted octanol–water partition coefficient (Wildman–Crippen LogP) is 4.14. The summed E-state index contributed by atoms with van der Waals surface area (Å²) < 4.78 is 0. The van der Waals surface area contributed by atoms with Gasteiger partial charge >= 0.3 is 0 Å². The van der Waals surface area contributed by atoms with Crippen molar-refractivity contribution in [1.82, 2.24) is 15.6 Å². The Bertz CT molecular complexity index is 477. The number of aliphatic imine (C=N–C) groups is 1. The summed E-state index contributed by atoms with van der Waals surface area (Å²) in [5, 5.41) is 10.2. The molecule has 0 unspecified atom stereocenters. The third-order valence-electron chi connectivity index (χ3n) is 4.61. The lowest BCUT2D eigenvalue weighted by Gasteiger charge is -2.40. The molecule has 0 saturated heterocycles. The highest BCUT2D eigenvalue weighted by Crippen LogP contribution is 2.43. The predicted molar refractivity (Wildman–Crippen MR) is 111 cm³/mol. The molecule has 2 N–H and O–H groups in total. The molecule has 0 radical (unpaired) electrons. The zero-order valence-corrected chi connectivity index (χ0v) is 17.8. The minimum Gasteiger partial charge on any atom is -0.357 e. The molecule has 2 rings (SSSR count). The van der Waals surface area contributed by atoms with Gasteiger partial charge in [-0.2, -0.15) is 0 Å². The number of nitrogens with zero attached hydrogens (tertiary/aromatic N) is 2. The summed E-state index contributed by atoms with van der Waals surface area (Å²) in [4.78, 5) is 9.32. The van der Waals surface area contributed by atoms with E-state index in [2.05, 4.69) is 41.8 Å². The lowest BCUT2D eigenvalue weighted by molar-refractivity contribution is 0.139. The molecule has 0 atom stereocenters. The van der Waals surface area contributed by atoms with E-state index in [1.807, 2.05) is 0 Å². The molecule has 4 nitrogen and oxygen atoms in total. The van der Waals surface area contributed by atoms with Crippen molar-refractivity contribution in [2.75, 3.05) is 19.6 Å². The molecule has 1 aliphatic carbocycles. The number of rotatable bonds is 8. The Balaban J connectivity index is 0.00000264. The summed E-state index contributed by atoms with van der Waals surface area (Å²) >= 11 is 1.76. The maximum Gasteiger partial charge on any atom is 0.191 e. The quantitative estimate of drug-likeness (QED) is 0.271. The second-order valence-corrected chi connectivity index (χ2v) is 7.26. The molecule has 23 heavy (non-hydrogen) atoms. The average molecular weight is 450 g/mol. The molecule has 1 aliphatic rings. The molecule has 1 fully saturated rings. The monoisotopic (exact) mass is 450 g/mol. The number of hydrogen-bond acceptors (Lipinski definition) is 3. The zero-order valence-electron chi connectivity index (χ0n) is 14.7. The summed E-state index contributed by atoms with van der Waals surface area (Å²) in [5.74, 6) is 0.970. The summed E-state index contributed by atoms with van der Waals surface area (Å²) in [7, 11) is 0. The molecule has 1 heterocycles. The fourth-order valence-corrected chi connectivity index (χ4v) is 3.67. The molecule has 0 amide bonds. The second-order valence-electron chi connectivity index (χ2n) is 6.32. The normalized spacial score (nSPS) is 16.4. The first kappa shape index (κ1) is 20.7. The van der Waals surface area contributed by atoms with E-state index in [-0.39, 0.29) is 24.0 Å². The minimum atomic E-state index is 0. The molecular weight excluding hydrogens is 419 g/mol. The maximum atomic E-state index is 4.81. The first-order chi connectivity index (χ1) is 10.7. The molecule has 1 saturated carbocycles. The number of aromatic nitrogens is 1. The highest BCUT2D eigenvalue weighted by molar-refractivity contribution is 14.0. The van der Waals surface area contributed by atoms with Crippen LogP contribution in [0.2, 0.25) is 0 Å². The largest absolute Gasteiger partial charge is 0.357 e. The lowest BCUT2D eigenvalue weighted by atomic mass is 9.67. The minimum absolute atomic E-state index is 0. The van der Waals surface area contributed by atoms with Gasteiger partial charge in [0.1, 0.15) is 0 Å². The summed E-state index contributed by atoms with van der Waals surface area (Å²) in [6.07, 6.45) is 7.45. The van der Waals surface area contributed by atoms with Crippen LogP contribution < -0.4 is 10.6 Å². The van der Waals surface area contributed by atoms with E-state index < -0.39 is 0 Å². The van der Waals surface area contributed by atoms with E-state index in [1.165, 1.54) is 30.7 Å². The van der Waals surface area contributed by atoms with Crippen molar-refractivity contribution in [2.45, 2.75) is 59.3 Å². The molecule has 0 aliphatic heterocycles. The van der Waals surface area contributed by atoms with Gasteiger partial charge in [-0.25, -0.2) is 4.98 Å². The van der Waals surface area contributed by atoms with Crippen LogP contribution in [0, 0.1) is 12.3 Å². The van der Waals surface area contributed by atoms with Gasteiger partial charge in [0, 0.05) is 37.1 Å². The average Bonchev–Trinajstić information content (AvgIpc) is 2.88.